The molecule has 0 saturated heterocycles. The molecule has 7 heteroatoms. The predicted octanol–water partition coefficient (Wildman–Crippen LogP) is 0.757. The summed E-state index contributed by atoms with van der Waals surface area (Å²) in [4.78, 5) is 22.1. The summed E-state index contributed by atoms with van der Waals surface area (Å²) in [5.41, 5.74) is 4.50. The van der Waals surface area contributed by atoms with Gasteiger partial charge in [0.25, 0.3) is 0 Å². The molecule has 0 bridgehead atoms. The first-order chi connectivity index (χ1) is 8.90. The molecule has 0 aromatic heterocycles. The van der Waals surface area contributed by atoms with Crippen molar-refractivity contribution in [3.63, 3.8) is 0 Å². The van der Waals surface area contributed by atoms with E-state index in [-0.39, 0.29) is 19.0 Å². The Balaban J connectivity index is 2.50. The Bertz CT molecular complexity index is 460. The number of primary amides is 1. The highest BCUT2D eigenvalue weighted by molar-refractivity contribution is 5.92. The number of para-hydroxylation sites is 1. The molecule has 0 aliphatic rings. The monoisotopic (exact) mass is 271 g/mol. The number of rotatable bonds is 6. The molecule has 0 spiro atoms. The van der Waals surface area contributed by atoms with Crippen molar-refractivity contribution >= 4 is 17.5 Å². The van der Waals surface area contributed by atoms with Gasteiger partial charge < -0.3 is 16.4 Å². The number of amides is 2. The SMILES string of the molecule is CC(CC(N)=O)NCC(=O)Nc1c(F)cccc1F. The Hall–Kier alpha value is -2.02. The Morgan fingerprint density at radius 2 is 1.89 bits per heavy atom. The summed E-state index contributed by atoms with van der Waals surface area (Å²) in [5.74, 6) is -2.81. The minimum Gasteiger partial charge on any atom is -0.370 e. The van der Waals surface area contributed by atoms with Crippen LogP contribution in [0.25, 0.3) is 0 Å². The lowest BCUT2D eigenvalue weighted by Crippen LogP contribution is -2.37. The van der Waals surface area contributed by atoms with Crippen LogP contribution in [0.5, 0.6) is 0 Å². The first-order valence-corrected chi connectivity index (χ1v) is 5.65. The molecule has 104 valence electrons. The molecule has 0 aliphatic carbocycles. The van der Waals surface area contributed by atoms with Crippen LogP contribution in [0, 0.1) is 11.6 Å². The summed E-state index contributed by atoms with van der Waals surface area (Å²) < 4.78 is 26.5. The molecule has 1 rings (SSSR count). The van der Waals surface area contributed by atoms with Gasteiger partial charge >= 0.3 is 0 Å². The number of nitrogens with two attached hydrogens (primary N) is 1. The number of halogens is 2. The first kappa shape index (κ1) is 15.0. The number of anilines is 1. The number of hydrogen-bond acceptors (Lipinski definition) is 3. The molecule has 4 N–H and O–H groups in total. The van der Waals surface area contributed by atoms with Gasteiger partial charge in [0.05, 0.1) is 6.54 Å². The zero-order valence-electron chi connectivity index (χ0n) is 10.4. The van der Waals surface area contributed by atoms with Gasteiger partial charge in [-0.25, -0.2) is 8.78 Å². The molecule has 1 aromatic rings. The molecule has 0 fully saturated rings. The molecule has 0 aliphatic heterocycles. The second-order valence-electron chi connectivity index (χ2n) is 4.10. The van der Waals surface area contributed by atoms with Crippen LogP contribution in [0.15, 0.2) is 18.2 Å². The number of benzene rings is 1. The van der Waals surface area contributed by atoms with Gasteiger partial charge in [0, 0.05) is 12.5 Å². The second kappa shape index (κ2) is 6.79. The highest BCUT2D eigenvalue weighted by Crippen LogP contribution is 2.17. The summed E-state index contributed by atoms with van der Waals surface area (Å²) >= 11 is 0. The second-order valence-corrected chi connectivity index (χ2v) is 4.10. The summed E-state index contributed by atoms with van der Waals surface area (Å²) in [6, 6.07) is 2.99. The molecule has 0 saturated carbocycles. The van der Waals surface area contributed by atoms with E-state index in [1.807, 2.05) is 0 Å². The van der Waals surface area contributed by atoms with E-state index in [0.29, 0.717) is 0 Å². The van der Waals surface area contributed by atoms with Crippen LogP contribution in [0.1, 0.15) is 13.3 Å². The number of carbonyl (C=O) groups is 2. The third-order valence-electron chi connectivity index (χ3n) is 2.35. The maximum absolute atomic E-state index is 13.2. The van der Waals surface area contributed by atoms with Crippen LogP contribution in [0.4, 0.5) is 14.5 Å². The summed E-state index contributed by atoms with van der Waals surface area (Å²) in [7, 11) is 0. The Kier molecular flexibility index (Phi) is 5.37. The van der Waals surface area contributed by atoms with E-state index >= 15 is 0 Å². The molecule has 5 nitrogen and oxygen atoms in total. The number of carbonyl (C=O) groups excluding carboxylic acids is 2. The van der Waals surface area contributed by atoms with Crippen LogP contribution >= 0.6 is 0 Å². The van der Waals surface area contributed by atoms with Gasteiger partial charge in [-0.3, -0.25) is 9.59 Å². The van der Waals surface area contributed by atoms with Crippen LogP contribution in [0.2, 0.25) is 0 Å². The van der Waals surface area contributed by atoms with Crippen molar-refractivity contribution < 1.29 is 18.4 Å². The zero-order chi connectivity index (χ0) is 14.4. The predicted molar refractivity (Wildman–Crippen MR) is 66.3 cm³/mol. The molecule has 1 atom stereocenters. The maximum Gasteiger partial charge on any atom is 0.238 e. The van der Waals surface area contributed by atoms with E-state index in [0.717, 1.165) is 12.1 Å². The lowest BCUT2D eigenvalue weighted by Gasteiger charge is -2.12. The van der Waals surface area contributed by atoms with Gasteiger partial charge in [0.2, 0.25) is 11.8 Å². The standard InChI is InChI=1S/C12H15F2N3O2/c1-7(5-10(15)18)16-6-11(19)17-12-8(13)3-2-4-9(12)14/h2-4,7,16H,5-6H2,1H3,(H2,15,18)(H,17,19). The molecular formula is C12H15F2N3O2. The molecule has 2 amide bonds. The van der Waals surface area contributed by atoms with Gasteiger partial charge in [-0.15, -0.1) is 0 Å². The van der Waals surface area contributed by atoms with Crippen molar-refractivity contribution in [1.82, 2.24) is 5.32 Å². The number of hydrogen-bond donors (Lipinski definition) is 3. The first-order valence-electron chi connectivity index (χ1n) is 5.65. The quantitative estimate of drug-likeness (QED) is 0.714. The molecule has 0 heterocycles. The van der Waals surface area contributed by atoms with Gasteiger partial charge in [0.15, 0.2) is 0 Å². The van der Waals surface area contributed by atoms with Gasteiger partial charge in [-0.1, -0.05) is 6.07 Å². The minimum atomic E-state index is -0.849. The van der Waals surface area contributed by atoms with Gasteiger partial charge in [-0.05, 0) is 19.1 Å². The van der Waals surface area contributed by atoms with Gasteiger partial charge in [0.1, 0.15) is 17.3 Å². The average Bonchev–Trinajstić information content (AvgIpc) is 2.30. The summed E-state index contributed by atoms with van der Waals surface area (Å²) in [5, 5.41) is 4.83. The van der Waals surface area contributed by atoms with E-state index in [1.54, 1.807) is 6.92 Å². The fourth-order valence-corrected chi connectivity index (χ4v) is 1.44. The highest BCUT2D eigenvalue weighted by atomic mass is 19.1. The van der Waals surface area contributed by atoms with E-state index < -0.39 is 29.1 Å². The third-order valence-corrected chi connectivity index (χ3v) is 2.35. The fourth-order valence-electron chi connectivity index (χ4n) is 1.44. The van der Waals surface area contributed by atoms with E-state index in [2.05, 4.69) is 10.6 Å². The largest absolute Gasteiger partial charge is 0.370 e. The lowest BCUT2D eigenvalue weighted by molar-refractivity contribution is -0.119. The van der Waals surface area contributed by atoms with Crippen molar-refractivity contribution in [2.75, 3.05) is 11.9 Å². The van der Waals surface area contributed by atoms with Gasteiger partial charge in [-0.2, -0.15) is 0 Å². The average molecular weight is 271 g/mol. The van der Waals surface area contributed by atoms with E-state index in [4.69, 9.17) is 5.73 Å². The zero-order valence-corrected chi connectivity index (χ0v) is 10.4. The highest BCUT2D eigenvalue weighted by Gasteiger charge is 2.13. The maximum atomic E-state index is 13.2. The van der Waals surface area contributed by atoms with Crippen molar-refractivity contribution in [1.29, 1.82) is 0 Å². The smallest absolute Gasteiger partial charge is 0.238 e. The summed E-state index contributed by atoms with van der Waals surface area (Å²) in [6.45, 7) is 1.49. The van der Waals surface area contributed by atoms with Crippen molar-refractivity contribution in [2.45, 2.75) is 19.4 Å². The normalized spacial score (nSPS) is 11.9. The van der Waals surface area contributed by atoms with Crippen molar-refractivity contribution in [3.05, 3.63) is 29.8 Å². The van der Waals surface area contributed by atoms with Crippen LogP contribution in [0.3, 0.4) is 0 Å². The number of nitrogens with one attached hydrogen (secondary N) is 2. The minimum absolute atomic E-state index is 0.0708. The van der Waals surface area contributed by atoms with Crippen LogP contribution < -0.4 is 16.4 Å². The lowest BCUT2D eigenvalue weighted by atomic mass is 10.2. The molecule has 19 heavy (non-hydrogen) atoms. The molecule has 0 radical (unpaired) electrons. The topological polar surface area (TPSA) is 84.2 Å². The van der Waals surface area contributed by atoms with Crippen LogP contribution in [-0.2, 0) is 9.59 Å². The van der Waals surface area contributed by atoms with Crippen molar-refractivity contribution in [2.24, 2.45) is 5.73 Å². The third kappa shape index (κ3) is 5.01. The van der Waals surface area contributed by atoms with Crippen molar-refractivity contribution in [3.8, 4) is 0 Å². The molecular weight excluding hydrogens is 256 g/mol. The Labute approximate surface area is 109 Å². The molecule has 1 aromatic carbocycles. The van der Waals surface area contributed by atoms with E-state index in [1.165, 1.54) is 6.07 Å². The Morgan fingerprint density at radius 1 is 1.32 bits per heavy atom. The fraction of sp³-hybridized carbons (Fsp3) is 0.333. The summed E-state index contributed by atoms with van der Waals surface area (Å²) in [6.07, 6.45) is 0.0708. The van der Waals surface area contributed by atoms with E-state index in [9.17, 15) is 18.4 Å². The molecule has 1 unspecified atom stereocenters. The van der Waals surface area contributed by atoms with Crippen LogP contribution in [-0.4, -0.2) is 24.4 Å². The Morgan fingerprint density at radius 3 is 2.42 bits per heavy atom.